The molecule has 0 spiro atoms. The van der Waals surface area contributed by atoms with Gasteiger partial charge in [0, 0.05) is 12.6 Å². The Bertz CT molecular complexity index is 258. The smallest absolute Gasteiger partial charge is 0.305 e. The lowest BCUT2D eigenvalue weighted by Crippen LogP contribution is -2.46. The highest BCUT2D eigenvalue weighted by atomic mass is 16.5. The summed E-state index contributed by atoms with van der Waals surface area (Å²) in [6, 6.07) is 0.0748. The fourth-order valence-corrected chi connectivity index (χ4v) is 2.82. The number of unbranched alkanes of at least 4 members (excludes halogenated alkanes) is 7. The first-order chi connectivity index (χ1) is 9.74. The highest BCUT2D eigenvalue weighted by Gasteiger charge is 2.24. The summed E-state index contributed by atoms with van der Waals surface area (Å²) in [5.74, 6) is -0.721. The van der Waals surface area contributed by atoms with E-state index in [9.17, 15) is 4.79 Å². The molecule has 0 aromatic rings. The van der Waals surface area contributed by atoms with Gasteiger partial charge >= 0.3 is 5.97 Å². The maximum Gasteiger partial charge on any atom is 0.305 e. The first kappa shape index (κ1) is 17.4. The molecule has 0 aliphatic carbocycles. The monoisotopic (exact) mass is 285 g/mol. The minimum absolute atomic E-state index is 0.0748. The third-order valence-electron chi connectivity index (χ3n) is 4.06. The Morgan fingerprint density at radius 3 is 2.45 bits per heavy atom. The minimum atomic E-state index is -0.721. The molecule has 118 valence electrons. The van der Waals surface area contributed by atoms with Gasteiger partial charge in [-0.15, -0.1) is 0 Å². The van der Waals surface area contributed by atoms with Crippen LogP contribution >= 0.6 is 0 Å². The van der Waals surface area contributed by atoms with Crippen molar-refractivity contribution in [1.29, 1.82) is 0 Å². The fourth-order valence-electron chi connectivity index (χ4n) is 2.82. The Morgan fingerprint density at radius 1 is 1.15 bits per heavy atom. The molecule has 1 unspecified atom stereocenters. The summed E-state index contributed by atoms with van der Waals surface area (Å²) >= 11 is 0. The third kappa shape index (κ3) is 7.85. The molecule has 0 amide bonds. The molecule has 1 heterocycles. The first-order valence-electron chi connectivity index (χ1n) is 8.27. The van der Waals surface area contributed by atoms with Gasteiger partial charge in [-0.05, 0) is 13.0 Å². The Labute approximate surface area is 123 Å². The normalized spacial score (nSPS) is 20.1. The van der Waals surface area contributed by atoms with Crippen LogP contribution in [0.25, 0.3) is 0 Å². The van der Waals surface area contributed by atoms with Crippen LogP contribution in [0.4, 0.5) is 0 Å². The topological polar surface area (TPSA) is 49.8 Å². The summed E-state index contributed by atoms with van der Waals surface area (Å²) in [6.45, 7) is 5.47. The van der Waals surface area contributed by atoms with Crippen molar-refractivity contribution in [3.63, 3.8) is 0 Å². The summed E-state index contributed by atoms with van der Waals surface area (Å²) in [5.41, 5.74) is 0. The molecule has 0 bridgehead atoms. The molecule has 1 fully saturated rings. The number of aliphatic carboxylic acids is 1. The van der Waals surface area contributed by atoms with E-state index in [1.54, 1.807) is 0 Å². The molecule has 0 aromatic heterocycles. The maximum absolute atomic E-state index is 10.8. The van der Waals surface area contributed by atoms with E-state index in [4.69, 9.17) is 9.84 Å². The van der Waals surface area contributed by atoms with Gasteiger partial charge < -0.3 is 9.84 Å². The van der Waals surface area contributed by atoms with E-state index in [1.165, 1.54) is 51.4 Å². The van der Waals surface area contributed by atoms with Crippen LogP contribution in [0, 0.1) is 0 Å². The van der Waals surface area contributed by atoms with Gasteiger partial charge in [0.25, 0.3) is 0 Å². The number of carboxylic acids is 1. The first-order valence-corrected chi connectivity index (χ1v) is 8.27. The highest BCUT2D eigenvalue weighted by Crippen LogP contribution is 2.13. The molecule has 4 heteroatoms. The van der Waals surface area contributed by atoms with Crippen LogP contribution in [0.15, 0.2) is 0 Å². The molecule has 1 aliphatic heterocycles. The van der Waals surface area contributed by atoms with Crippen molar-refractivity contribution >= 4 is 5.97 Å². The largest absolute Gasteiger partial charge is 0.481 e. The predicted octanol–water partition coefficient (Wildman–Crippen LogP) is 3.30. The average molecular weight is 285 g/mol. The van der Waals surface area contributed by atoms with Crippen LogP contribution in [-0.4, -0.2) is 48.3 Å². The van der Waals surface area contributed by atoms with Crippen molar-refractivity contribution in [2.24, 2.45) is 0 Å². The molecular formula is C16H31NO3. The molecule has 1 N–H and O–H groups in total. The Balaban J connectivity index is 2.05. The van der Waals surface area contributed by atoms with E-state index in [2.05, 4.69) is 11.8 Å². The Morgan fingerprint density at radius 2 is 1.80 bits per heavy atom. The van der Waals surface area contributed by atoms with Crippen LogP contribution in [0.5, 0.6) is 0 Å². The minimum Gasteiger partial charge on any atom is -0.481 e. The molecule has 1 aliphatic rings. The third-order valence-corrected chi connectivity index (χ3v) is 4.06. The standard InChI is InChI=1S/C16H31NO3/c1-2-3-4-5-6-7-8-9-10-17-11-12-20-14-15(17)13-16(18)19/h15H,2-14H2,1H3,(H,18,19). The van der Waals surface area contributed by atoms with Crippen molar-refractivity contribution in [2.75, 3.05) is 26.3 Å². The van der Waals surface area contributed by atoms with Crippen molar-refractivity contribution in [2.45, 2.75) is 70.8 Å². The van der Waals surface area contributed by atoms with Gasteiger partial charge in [-0.1, -0.05) is 51.9 Å². The summed E-state index contributed by atoms with van der Waals surface area (Å²) in [6.07, 6.45) is 10.7. The van der Waals surface area contributed by atoms with E-state index in [-0.39, 0.29) is 12.5 Å². The molecule has 20 heavy (non-hydrogen) atoms. The molecule has 0 radical (unpaired) electrons. The maximum atomic E-state index is 10.8. The van der Waals surface area contributed by atoms with Gasteiger partial charge in [0.1, 0.15) is 0 Å². The van der Waals surface area contributed by atoms with Gasteiger partial charge in [-0.2, -0.15) is 0 Å². The van der Waals surface area contributed by atoms with Crippen LogP contribution in [-0.2, 0) is 9.53 Å². The second kappa shape index (κ2) is 11.1. The van der Waals surface area contributed by atoms with Crippen LogP contribution in [0.3, 0.4) is 0 Å². The number of morpholine rings is 1. The summed E-state index contributed by atoms with van der Waals surface area (Å²) in [7, 11) is 0. The van der Waals surface area contributed by atoms with E-state index in [0.717, 1.165) is 19.7 Å². The zero-order valence-electron chi connectivity index (χ0n) is 13.0. The van der Waals surface area contributed by atoms with Gasteiger partial charge in [-0.3, -0.25) is 9.69 Å². The number of carbonyl (C=O) groups is 1. The van der Waals surface area contributed by atoms with E-state index >= 15 is 0 Å². The lowest BCUT2D eigenvalue weighted by atomic mass is 10.1. The van der Waals surface area contributed by atoms with Crippen molar-refractivity contribution < 1.29 is 14.6 Å². The van der Waals surface area contributed by atoms with Crippen molar-refractivity contribution in [1.82, 2.24) is 4.90 Å². The van der Waals surface area contributed by atoms with Gasteiger partial charge in [0.15, 0.2) is 0 Å². The number of nitrogens with zero attached hydrogens (tertiary/aromatic N) is 1. The molecule has 1 atom stereocenters. The second-order valence-corrected chi connectivity index (χ2v) is 5.84. The highest BCUT2D eigenvalue weighted by molar-refractivity contribution is 5.67. The molecule has 0 aromatic carbocycles. The van der Waals surface area contributed by atoms with E-state index in [1.807, 2.05) is 0 Å². The Hall–Kier alpha value is -0.610. The van der Waals surface area contributed by atoms with Crippen molar-refractivity contribution in [3.05, 3.63) is 0 Å². The molecule has 1 rings (SSSR count). The van der Waals surface area contributed by atoms with Crippen molar-refractivity contribution in [3.8, 4) is 0 Å². The van der Waals surface area contributed by atoms with Gasteiger partial charge in [0.2, 0.25) is 0 Å². The quantitative estimate of drug-likeness (QED) is 0.592. The molecular weight excluding hydrogens is 254 g/mol. The number of hydrogen-bond donors (Lipinski definition) is 1. The Kier molecular flexibility index (Phi) is 9.67. The number of carboxylic acid groups (broad SMARTS) is 1. The van der Waals surface area contributed by atoms with Crippen LogP contribution in [0.2, 0.25) is 0 Å². The predicted molar refractivity (Wildman–Crippen MR) is 81.0 cm³/mol. The fraction of sp³-hybridized carbons (Fsp3) is 0.938. The van der Waals surface area contributed by atoms with Crippen LogP contribution in [0.1, 0.15) is 64.7 Å². The lowest BCUT2D eigenvalue weighted by Gasteiger charge is -2.34. The number of hydrogen-bond acceptors (Lipinski definition) is 3. The second-order valence-electron chi connectivity index (χ2n) is 5.84. The SMILES string of the molecule is CCCCCCCCCCN1CCOCC1CC(=O)O. The molecule has 4 nitrogen and oxygen atoms in total. The zero-order valence-corrected chi connectivity index (χ0v) is 13.0. The molecule has 0 saturated carbocycles. The average Bonchev–Trinajstić information content (AvgIpc) is 2.43. The van der Waals surface area contributed by atoms with Crippen LogP contribution < -0.4 is 0 Å². The number of rotatable bonds is 11. The lowest BCUT2D eigenvalue weighted by molar-refractivity contribution is -0.140. The van der Waals surface area contributed by atoms with E-state index in [0.29, 0.717) is 6.61 Å². The summed E-state index contributed by atoms with van der Waals surface area (Å²) < 4.78 is 5.39. The summed E-state index contributed by atoms with van der Waals surface area (Å²) in [5, 5.41) is 8.91. The summed E-state index contributed by atoms with van der Waals surface area (Å²) in [4.78, 5) is 13.1. The van der Waals surface area contributed by atoms with E-state index < -0.39 is 5.97 Å². The molecule has 1 saturated heterocycles. The number of ether oxygens (including phenoxy) is 1. The van der Waals surface area contributed by atoms with Gasteiger partial charge in [0.05, 0.1) is 19.6 Å². The van der Waals surface area contributed by atoms with Gasteiger partial charge in [-0.25, -0.2) is 0 Å². The zero-order chi connectivity index (χ0) is 14.6.